The predicted molar refractivity (Wildman–Crippen MR) is 79.1 cm³/mol. The van der Waals surface area contributed by atoms with Gasteiger partial charge >= 0.3 is 5.97 Å². The molecule has 112 valence electrons. The number of H-pyrrole nitrogens is 1. The highest BCUT2D eigenvalue weighted by Gasteiger charge is 2.18. The van der Waals surface area contributed by atoms with E-state index in [1.165, 1.54) is 25.1 Å². The highest BCUT2D eigenvalue weighted by molar-refractivity contribution is 7.99. The molecule has 0 amide bonds. The van der Waals surface area contributed by atoms with E-state index in [0.717, 1.165) is 5.75 Å². The maximum Gasteiger partial charge on any atom is 0.343 e. The van der Waals surface area contributed by atoms with Crippen molar-refractivity contribution in [1.82, 2.24) is 15.0 Å². The highest BCUT2D eigenvalue weighted by Crippen LogP contribution is 2.26. The number of methoxy groups -OCH3 is 1. The Bertz CT molecular complexity index is 729. The monoisotopic (exact) mass is 309 g/mol. The van der Waals surface area contributed by atoms with Gasteiger partial charge in [-0.3, -0.25) is 4.79 Å². The molecule has 0 atom stereocenters. The van der Waals surface area contributed by atoms with Gasteiger partial charge in [-0.2, -0.15) is 4.98 Å². The largest absolute Gasteiger partial charge is 0.479 e. The van der Waals surface area contributed by atoms with Crippen molar-refractivity contribution in [2.45, 2.75) is 18.9 Å². The lowest BCUT2D eigenvalue weighted by molar-refractivity contribution is 0.0524. The normalized spacial score (nSPS) is 10.6. The van der Waals surface area contributed by atoms with E-state index in [-0.39, 0.29) is 23.3 Å². The second-order valence-electron chi connectivity index (χ2n) is 3.92. The Hall–Kier alpha value is -2.09. The van der Waals surface area contributed by atoms with E-state index in [2.05, 4.69) is 15.0 Å². The lowest BCUT2D eigenvalue weighted by atomic mass is 10.2. The van der Waals surface area contributed by atoms with Crippen molar-refractivity contribution in [2.24, 2.45) is 0 Å². The average Bonchev–Trinajstić information content (AvgIpc) is 2.48. The predicted octanol–water partition coefficient (Wildman–Crippen LogP) is 1.62. The quantitative estimate of drug-likeness (QED) is 0.662. The Morgan fingerprint density at radius 1 is 1.38 bits per heavy atom. The molecule has 21 heavy (non-hydrogen) atoms. The van der Waals surface area contributed by atoms with Crippen LogP contribution in [-0.4, -0.2) is 40.4 Å². The number of ether oxygens (including phenoxy) is 2. The first-order chi connectivity index (χ1) is 10.1. The summed E-state index contributed by atoms with van der Waals surface area (Å²) in [4.78, 5) is 35.3. The maximum absolute atomic E-state index is 12.3. The van der Waals surface area contributed by atoms with Gasteiger partial charge in [-0.25, -0.2) is 9.78 Å². The molecule has 2 aromatic heterocycles. The number of hydrogen-bond acceptors (Lipinski definition) is 7. The third-order valence-corrected chi connectivity index (χ3v) is 3.44. The van der Waals surface area contributed by atoms with Gasteiger partial charge in [0.2, 0.25) is 11.3 Å². The van der Waals surface area contributed by atoms with E-state index in [0.29, 0.717) is 10.9 Å². The van der Waals surface area contributed by atoms with E-state index >= 15 is 0 Å². The van der Waals surface area contributed by atoms with E-state index in [4.69, 9.17) is 9.47 Å². The van der Waals surface area contributed by atoms with Crippen LogP contribution in [0, 0.1) is 0 Å². The van der Waals surface area contributed by atoms with Crippen LogP contribution < -0.4 is 10.2 Å². The van der Waals surface area contributed by atoms with Gasteiger partial charge in [-0.05, 0) is 12.7 Å². The number of esters is 1. The van der Waals surface area contributed by atoms with Gasteiger partial charge in [-0.15, -0.1) is 11.8 Å². The van der Waals surface area contributed by atoms with Crippen molar-refractivity contribution < 1.29 is 14.3 Å². The number of hydrogen-bond donors (Lipinski definition) is 1. The van der Waals surface area contributed by atoms with E-state index in [1.807, 2.05) is 6.92 Å². The second kappa shape index (κ2) is 6.57. The van der Waals surface area contributed by atoms with Gasteiger partial charge < -0.3 is 14.5 Å². The van der Waals surface area contributed by atoms with Gasteiger partial charge in [0, 0.05) is 6.20 Å². The van der Waals surface area contributed by atoms with Crippen molar-refractivity contribution in [3.8, 4) is 5.88 Å². The number of nitrogens with one attached hydrogen (secondary N) is 1. The molecule has 0 saturated heterocycles. The molecular weight excluding hydrogens is 294 g/mol. The third kappa shape index (κ3) is 2.99. The molecule has 0 aliphatic heterocycles. The highest BCUT2D eigenvalue weighted by atomic mass is 32.2. The number of rotatable bonds is 5. The molecule has 0 fully saturated rings. The second-order valence-corrected chi connectivity index (χ2v) is 5.17. The standard InChI is InChI=1S/C13H15N3O4S/c1-4-20-13(18)7-6-14-10-8(9(7)17)15-12(21-5-2)11(16-10)19-3/h6H,4-5H2,1-3H3,(H,14,16,17). The number of thioether (sulfide) groups is 1. The Morgan fingerprint density at radius 2 is 2.14 bits per heavy atom. The summed E-state index contributed by atoms with van der Waals surface area (Å²) >= 11 is 1.41. The van der Waals surface area contributed by atoms with Crippen LogP contribution >= 0.6 is 11.8 Å². The van der Waals surface area contributed by atoms with Crippen LogP contribution in [-0.2, 0) is 4.74 Å². The molecule has 0 radical (unpaired) electrons. The Morgan fingerprint density at radius 3 is 2.76 bits per heavy atom. The van der Waals surface area contributed by atoms with Gasteiger partial charge in [0.05, 0.1) is 13.7 Å². The van der Waals surface area contributed by atoms with Crippen LogP contribution in [0.4, 0.5) is 0 Å². The summed E-state index contributed by atoms with van der Waals surface area (Å²) in [6, 6.07) is 0. The molecule has 2 rings (SSSR count). The smallest absolute Gasteiger partial charge is 0.343 e. The van der Waals surface area contributed by atoms with Crippen molar-refractivity contribution in [3.05, 3.63) is 22.0 Å². The van der Waals surface area contributed by atoms with Crippen molar-refractivity contribution in [1.29, 1.82) is 0 Å². The molecule has 0 aliphatic rings. The minimum Gasteiger partial charge on any atom is -0.479 e. The molecule has 0 aromatic carbocycles. The van der Waals surface area contributed by atoms with E-state index < -0.39 is 11.4 Å². The van der Waals surface area contributed by atoms with Gasteiger partial charge in [0.25, 0.3) is 0 Å². The number of carbonyl (C=O) groups is 1. The SMILES string of the molecule is CCOC(=O)c1c[nH]c2nc(OC)c(SCC)nc2c1=O. The van der Waals surface area contributed by atoms with Crippen LogP contribution in [0.15, 0.2) is 16.0 Å². The molecule has 0 spiro atoms. The molecular formula is C13H15N3O4S. The molecule has 2 heterocycles. The van der Waals surface area contributed by atoms with Crippen molar-refractivity contribution >= 4 is 28.9 Å². The third-order valence-electron chi connectivity index (χ3n) is 2.62. The van der Waals surface area contributed by atoms with Crippen LogP contribution in [0.1, 0.15) is 24.2 Å². The lowest BCUT2D eigenvalue weighted by Gasteiger charge is -2.07. The molecule has 2 aromatic rings. The molecule has 0 unspecified atom stereocenters. The summed E-state index contributed by atoms with van der Waals surface area (Å²) < 4.78 is 10.00. The van der Waals surface area contributed by atoms with Gasteiger partial charge in [0.15, 0.2) is 16.2 Å². The fourth-order valence-corrected chi connectivity index (χ4v) is 2.40. The van der Waals surface area contributed by atoms with Crippen molar-refractivity contribution in [2.75, 3.05) is 19.5 Å². The Balaban J connectivity index is 2.63. The zero-order valence-corrected chi connectivity index (χ0v) is 12.7. The summed E-state index contributed by atoms with van der Waals surface area (Å²) in [6.45, 7) is 3.82. The summed E-state index contributed by atoms with van der Waals surface area (Å²) in [7, 11) is 1.49. The fourth-order valence-electron chi connectivity index (χ4n) is 1.72. The molecule has 1 N–H and O–H groups in total. The molecule has 7 nitrogen and oxygen atoms in total. The lowest BCUT2D eigenvalue weighted by Crippen LogP contribution is -2.19. The Kier molecular flexibility index (Phi) is 4.79. The summed E-state index contributed by atoms with van der Waals surface area (Å²) in [5.41, 5.74) is -0.228. The summed E-state index contributed by atoms with van der Waals surface area (Å²) in [5, 5.41) is 0.513. The average molecular weight is 309 g/mol. The van der Waals surface area contributed by atoms with E-state index in [1.54, 1.807) is 6.92 Å². The number of carbonyl (C=O) groups excluding carboxylic acids is 1. The summed E-state index contributed by atoms with van der Waals surface area (Å²) in [6.07, 6.45) is 1.28. The van der Waals surface area contributed by atoms with Crippen LogP contribution in [0.2, 0.25) is 0 Å². The van der Waals surface area contributed by atoms with Crippen LogP contribution in [0.5, 0.6) is 5.88 Å². The number of aromatic amines is 1. The minimum absolute atomic E-state index is 0.0868. The molecule has 0 aliphatic carbocycles. The number of pyridine rings is 1. The molecule has 0 bridgehead atoms. The molecule has 0 saturated carbocycles. The fraction of sp³-hybridized carbons (Fsp3) is 0.385. The number of fused-ring (bicyclic) bond motifs is 1. The zero-order valence-electron chi connectivity index (χ0n) is 11.9. The minimum atomic E-state index is -0.678. The maximum atomic E-state index is 12.3. The first kappa shape index (κ1) is 15.3. The number of aromatic nitrogens is 3. The first-order valence-electron chi connectivity index (χ1n) is 6.39. The zero-order chi connectivity index (χ0) is 15.4. The van der Waals surface area contributed by atoms with E-state index in [9.17, 15) is 9.59 Å². The first-order valence-corrected chi connectivity index (χ1v) is 7.38. The summed E-state index contributed by atoms with van der Waals surface area (Å²) in [5.74, 6) is 0.420. The van der Waals surface area contributed by atoms with Crippen molar-refractivity contribution in [3.63, 3.8) is 0 Å². The Labute approximate surface area is 125 Å². The number of nitrogens with zero attached hydrogens (tertiary/aromatic N) is 2. The topological polar surface area (TPSA) is 94.2 Å². The van der Waals surface area contributed by atoms with Crippen LogP contribution in [0.3, 0.4) is 0 Å². The van der Waals surface area contributed by atoms with Crippen LogP contribution in [0.25, 0.3) is 11.2 Å². The van der Waals surface area contributed by atoms with Gasteiger partial charge in [-0.1, -0.05) is 6.92 Å². The van der Waals surface area contributed by atoms with Gasteiger partial charge in [0.1, 0.15) is 5.56 Å². The molecule has 8 heteroatoms.